The molecule has 1 heterocycles. The van der Waals surface area contributed by atoms with Gasteiger partial charge >= 0.3 is 0 Å². The van der Waals surface area contributed by atoms with Crippen LogP contribution in [0.25, 0.3) is 0 Å². The molecule has 1 rings (SSSR count). The van der Waals surface area contributed by atoms with Crippen molar-refractivity contribution in [2.24, 2.45) is 0 Å². The molecular weight excluding hydrogens is 180 g/mol. The highest BCUT2D eigenvalue weighted by molar-refractivity contribution is 6.67. The minimum absolute atomic E-state index is 0.168. The van der Waals surface area contributed by atoms with Crippen molar-refractivity contribution in [3.8, 4) is 0 Å². The van der Waals surface area contributed by atoms with E-state index in [4.69, 9.17) is 20.8 Å². The molecular formula is C8H9ClO3. The first-order valence-electron chi connectivity index (χ1n) is 3.43. The third kappa shape index (κ3) is 1.87. The van der Waals surface area contributed by atoms with Crippen LogP contribution >= 0.6 is 11.6 Å². The molecule has 0 fully saturated rings. The largest absolute Gasteiger partial charge is 0.457 e. The van der Waals surface area contributed by atoms with E-state index in [1.807, 2.05) is 0 Å². The van der Waals surface area contributed by atoms with Gasteiger partial charge in [-0.25, -0.2) is 0 Å². The first-order valence-corrected chi connectivity index (χ1v) is 3.81. The van der Waals surface area contributed by atoms with Gasteiger partial charge in [-0.2, -0.15) is 0 Å². The number of carbonyl (C=O) groups excluding carboxylic acids is 1. The highest BCUT2D eigenvalue weighted by Gasteiger charge is 2.11. The summed E-state index contributed by atoms with van der Waals surface area (Å²) in [6.07, 6.45) is 0. The van der Waals surface area contributed by atoms with Crippen LogP contribution in [0.4, 0.5) is 0 Å². The molecule has 0 aliphatic rings. The van der Waals surface area contributed by atoms with Crippen LogP contribution in [-0.2, 0) is 11.3 Å². The molecule has 0 spiro atoms. The van der Waals surface area contributed by atoms with E-state index in [0.29, 0.717) is 12.4 Å². The molecule has 0 radical (unpaired) electrons. The fourth-order valence-electron chi connectivity index (χ4n) is 0.915. The lowest BCUT2D eigenvalue weighted by molar-refractivity contribution is 0.105. The molecule has 0 aromatic carbocycles. The van der Waals surface area contributed by atoms with Gasteiger partial charge in [0.2, 0.25) is 0 Å². The number of hydrogen-bond donors (Lipinski definition) is 0. The molecule has 0 N–H and O–H groups in total. The third-order valence-electron chi connectivity index (χ3n) is 1.51. The van der Waals surface area contributed by atoms with Crippen molar-refractivity contribution in [2.75, 3.05) is 7.11 Å². The Morgan fingerprint density at radius 1 is 1.75 bits per heavy atom. The van der Waals surface area contributed by atoms with Crippen LogP contribution in [-0.4, -0.2) is 12.4 Å². The van der Waals surface area contributed by atoms with E-state index in [1.165, 1.54) is 0 Å². The Morgan fingerprint density at radius 3 is 2.83 bits per heavy atom. The minimum atomic E-state index is -0.583. The van der Waals surface area contributed by atoms with E-state index in [2.05, 4.69) is 0 Å². The molecule has 0 aliphatic heterocycles. The lowest BCUT2D eigenvalue weighted by Crippen LogP contribution is -1.86. The van der Waals surface area contributed by atoms with Crippen molar-refractivity contribution in [1.29, 1.82) is 0 Å². The summed E-state index contributed by atoms with van der Waals surface area (Å²) in [4.78, 5) is 10.6. The third-order valence-corrected chi connectivity index (χ3v) is 1.70. The first-order chi connectivity index (χ1) is 5.65. The summed E-state index contributed by atoms with van der Waals surface area (Å²) < 4.78 is 9.95. The molecule has 0 atom stereocenters. The lowest BCUT2D eigenvalue weighted by Gasteiger charge is -1.92. The summed E-state index contributed by atoms with van der Waals surface area (Å²) in [6.45, 7) is 2.19. The van der Waals surface area contributed by atoms with E-state index in [0.717, 1.165) is 5.56 Å². The summed E-state index contributed by atoms with van der Waals surface area (Å²) in [7, 11) is 1.58. The SMILES string of the molecule is COCc1cc(C(=O)Cl)oc1C. The van der Waals surface area contributed by atoms with Gasteiger partial charge in [0.05, 0.1) is 6.61 Å². The van der Waals surface area contributed by atoms with Crippen LogP contribution in [0.5, 0.6) is 0 Å². The van der Waals surface area contributed by atoms with Crippen molar-refractivity contribution in [3.63, 3.8) is 0 Å². The molecule has 0 aliphatic carbocycles. The molecule has 0 unspecified atom stereocenters. The Bertz CT molecular complexity index is 290. The Kier molecular flexibility index (Phi) is 2.89. The van der Waals surface area contributed by atoms with Gasteiger partial charge in [-0.15, -0.1) is 0 Å². The smallest absolute Gasteiger partial charge is 0.287 e. The van der Waals surface area contributed by atoms with Crippen LogP contribution in [0.1, 0.15) is 21.9 Å². The van der Waals surface area contributed by atoms with E-state index in [1.54, 1.807) is 20.1 Å². The molecule has 66 valence electrons. The average molecular weight is 189 g/mol. The number of hydrogen-bond acceptors (Lipinski definition) is 3. The zero-order valence-corrected chi connectivity index (χ0v) is 7.64. The Hall–Kier alpha value is -0.800. The van der Waals surface area contributed by atoms with Crippen molar-refractivity contribution in [2.45, 2.75) is 13.5 Å². The van der Waals surface area contributed by atoms with Gasteiger partial charge in [-0.3, -0.25) is 4.79 Å². The Balaban J connectivity index is 2.92. The predicted octanol–water partition coefficient (Wildman–Crippen LogP) is 2.11. The number of halogens is 1. The highest BCUT2D eigenvalue weighted by Crippen LogP contribution is 2.16. The monoisotopic (exact) mass is 188 g/mol. The van der Waals surface area contributed by atoms with Crippen LogP contribution in [0.15, 0.2) is 10.5 Å². The van der Waals surface area contributed by atoms with E-state index >= 15 is 0 Å². The fourth-order valence-corrected chi connectivity index (χ4v) is 1.01. The Labute approximate surface area is 75.3 Å². The Morgan fingerprint density at radius 2 is 2.42 bits per heavy atom. The molecule has 12 heavy (non-hydrogen) atoms. The number of ether oxygens (including phenoxy) is 1. The second kappa shape index (κ2) is 3.74. The molecule has 0 saturated heterocycles. The van der Waals surface area contributed by atoms with E-state index in [9.17, 15) is 4.79 Å². The maximum atomic E-state index is 10.6. The fraction of sp³-hybridized carbons (Fsp3) is 0.375. The van der Waals surface area contributed by atoms with Gasteiger partial charge in [0.1, 0.15) is 5.76 Å². The van der Waals surface area contributed by atoms with Gasteiger partial charge < -0.3 is 9.15 Å². The normalized spacial score (nSPS) is 10.2. The minimum Gasteiger partial charge on any atom is -0.457 e. The summed E-state index contributed by atoms with van der Waals surface area (Å²) in [6, 6.07) is 1.59. The molecule has 4 heteroatoms. The quantitative estimate of drug-likeness (QED) is 0.682. The number of carbonyl (C=O) groups is 1. The lowest BCUT2D eigenvalue weighted by atomic mass is 10.2. The second-order valence-electron chi connectivity index (χ2n) is 2.40. The molecule has 0 amide bonds. The van der Waals surface area contributed by atoms with Crippen molar-refractivity contribution < 1.29 is 13.9 Å². The van der Waals surface area contributed by atoms with Crippen LogP contribution < -0.4 is 0 Å². The van der Waals surface area contributed by atoms with Crippen molar-refractivity contribution in [1.82, 2.24) is 0 Å². The first kappa shape index (κ1) is 9.29. The van der Waals surface area contributed by atoms with Crippen LogP contribution in [0.3, 0.4) is 0 Å². The van der Waals surface area contributed by atoms with Crippen LogP contribution in [0.2, 0.25) is 0 Å². The number of aryl methyl sites for hydroxylation is 1. The van der Waals surface area contributed by atoms with Gasteiger partial charge in [-0.05, 0) is 24.6 Å². The van der Waals surface area contributed by atoms with Gasteiger partial charge in [-0.1, -0.05) is 0 Å². The maximum Gasteiger partial charge on any atom is 0.287 e. The summed E-state index contributed by atoms with van der Waals surface area (Å²) in [5, 5.41) is -0.583. The summed E-state index contributed by atoms with van der Waals surface area (Å²) in [5.41, 5.74) is 0.849. The average Bonchev–Trinajstić information content (AvgIpc) is 2.34. The molecule has 1 aromatic heterocycles. The second-order valence-corrected chi connectivity index (χ2v) is 2.74. The maximum absolute atomic E-state index is 10.6. The van der Waals surface area contributed by atoms with Gasteiger partial charge in [0.15, 0.2) is 5.76 Å². The van der Waals surface area contributed by atoms with Crippen molar-refractivity contribution >= 4 is 16.8 Å². The topological polar surface area (TPSA) is 39.4 Å². The standard InChI is InChI=1S/C8H9ClO3/c1-5-6(4-11-2)3-7(12-5)8(9)10/h3H,4H2,1-2H3. The molecule has 0 saturated carbocycles. The van der Waals surface area contributed by atoms with Gasteiger partial charge in [0.25, 0.3) is 5.24 Å². The number of rotatable bonds is 3. The number of methoxy groups -OCH3 is 1. The predicted molar refractivity (Wildman–Crippen MR) is 44.3 cm³/mol. The molecule has 0 bridgehead atoms. The summed E-state index contributed by atoms with van der Waals surface area (Å²) in [5.74, 6) is 0.835. The highest BCUT2D eigenvalue weighted by atomic mass is 35.5. The van der Waals surface area contributed by atoms with E-state index < -0.39 is 5.24 Å². The molecule has 3 nitrogen and oxygen atoms in total. The van der Waals surface area contributed by atoms with Crippen molar-refractivity contribution in [3.05, 3.63) is 23.2 Å². The van der Waals surface area contributed by atoms with Gasteiger partial charge in [0, 0.05) is 12.7 Å². The molecule has 1 aromatic rings. The number of furan rings is 1. The summed E-state index contributed by atoms with van der Waals surface area (Å²) >= 11 is 5.22. The van der Waals surface area contributed by atoms with E-state index in [-0.39, 0.29) is 5.76 Å². The van der Waals surface area contributed by atoms with Crippen LogP contribution in [0, 0.1) is 6.92 Å². The zero-order valence-electron chi connectivity index (χ0n) is 6.89. The zero-order chi connectivity index (χ0) is 9.14.